The third-order valence-electron chi connectivity index (χ3n) is 11.8. The van der Waals surface area contributed by atoms with Gasteiger partial charge in [0, 0.05) is 43.9 Å². The minimum absolute atomic E-state index is 0.0783. The Morgan fingerprint density at radius 2 is 1.18 bits per heavy atom. The van der Waals surface area contributed by atoms with E-state index < -0.39 is 12.1 Å². The van der Waals surface area contributed by atoms with Crippen molar-refractivity contribution in [3.8, 4) is 23.7 Å². The summed E-state index contributed by atoms with van der Waals surface area (Å²) in [6.07, 6.45) is 10.5. The predicted molar refractivity (Wildman–Crippen MR) is 155 cm³/mol. The fourth-order valence-corrected chi connectivity index (χ4v) is 8.13. The van der Waals surface area contributed by atoms with Gasteiger partial charge in [-0.15, -0.1) is 23.7 Å². The van der Waals surface area contributed by atoms with Gasteiger partial charge in [0.1, 0.15) is 0 Å². The maximum atomic E-state index is 12.5. The molecule has 0 bridgehead atoms. The molecule has 2 saturated carbocycles. The molecule has 0 radical (unpaired) electrons. The maximum absolute atomic E-state index is 12.5. The minimum Gasteiger partial charge on any atom is -0.465 e. The van der Waals surface area contributed by atoms with Gasteiger partial charge in [-0.2, -0.15) is 0 Å². The van der Waals surface area contributed by atoms with Gasteiger partial charge in [0.2, 0.25) is 0 Å². The summed E-state index contributed by atoms with van der Waals surface area (Å²) in [5, 5.41) is 2.77. The number of unbranched alkanes of at least 4 members (excludes halogenated alkanes) is 2. The highest BCUT2D eigenvalue weighted by Gasteiger charge is 2.70. The van der Waals surface area contributed by atoms with Crippen LogP contribution in [0.25, 0.3) is 0 Å². The Kier molecular flexibility index (Phi) is 9.28. The molecule has 0 aromatic rings. The van der Waals surface area contributed by atoms with E-state index in [0.29, 0.717) is 44.3 Å². The Balaban J connectivity index is 1.10. The molecule has 0 aliphatic heterocycles. The third kappa shape index (κ3) is 6.07. The van der Waals surface area contributed by atoms with Crippen molar-refractivity contribution in [2.24, 2.45) is 33.5 Å². The van der Waals surface area contributed by atoms with E-state index in [-0.39, 0.29) is 33.4 Å². The van der Waals surface area contributed by atoms with Crippen molar-refractivity contribution in [3.05, 3.63) is 0 Å². The van der Waals surface area contributed by atoms with Crippen molar-refractivity contribution in [1.29, 1.82) is 0 Å². The SMILES string of the molecule is CC(=O)[C@@H](CCCCCC(=O)OCC1[C@]2(C)CCC#CCC[C@]12C)NC(=O)OCC1[C@]2(C)CCC#CCC[C@]12C. The van der Waals surface area contributed by atoms with E-state index in [4.69, 9.17) is 9.47 Å². The molecule has 0 spiro atoms. The molecule has 220 valence electrons. The van der Waals surface area contributed by atoms with Crippen molar-refractivity contribution in [3.63, 3.8) is 0 Å². The van der Waals surface area contributed by atoms with E-state index in [1.54, 1.807) is 0 Å². The van der Waals surface area contributed by atoms with Crippen LogP contribution in [0.15, 0.2) is 0 Å². The number of amides is 1. The van der Waals surface area contributed by atoms with Gasteiger partial charge in [-0.3, -0.25) is 9.59 Å². The van der Waals surface area contributed by atoms with Gasteiger partial charge in [-0.05, 0) is 67.1 Å². The van der Waals surface area contributed by atoms with Crippen molar-refractivity contribution < 1.29 is 23.9 Å². The zero-order chi connectivity index (χ0) is 29.0. The first-order valence-electron chi connectivity index (χ1n) is 15.5. The van der Waals surface area contributed by atoms with Gasteiger partial charge in [0.05, 0.1) is 19.3 Å². The molecule has 2 unspecified atom stereocenters. The maximum Gasteiger partial charge on any atom is 0.407 e. The normalized spacial score (nSPS) is 36.1. The standard InChI is InChI=1S/C34H49NO5/c1-25(36)26(35-30(38)40-24-28-33(4)21-15-8-9-16-22-34(28,33)5)17-11-10-12-18-29(37)39-23-27-31(2)19-13-6-7-14-20-32(27,31)3/h26-28H,10-24H2,1-5H3,(H,35,38)/t26-,27?,28?,31-,32+,33-,34+/m1/s1. The van der Waals surface area contributed by atoms with Crippen LogP contribution in [0.5, 0.6) is 0 Å². The van der Waals surface area contributed by atoms with E-state index >= 15 is 0 Å². The highest BCUT2D eigenvalue weighted by Crippen LogP contribution is 2.74. The van der Waals surface area contributed by atoms with Crippen molar-refractivity contribution in [2.45, 2.75) is 124 Å². The monoisotopic (exact) mass is 551 g/mol. The van der Waals surface area contributed by atoms with Crippen LogP contribution in [0.4, 0.5) is 4.79 Å². The quantitative estimate of drug-likeness (QED) is 0.168. The summed E-state index contributed by atoms with van der Waals surface area (Å²) in [7, 11) is 0. The van der Waals surface area contributed by atoms with Gasteiger partial charge in [-0.1, -0.05) is 40.5 Å². The van der Waals surface area contributed by atoms with Crippen molar-refractivity contribution in [2.75, 3.05) is 13.2 Å². The number of ether oxygens (including phenoxy) is 2. The number of Topliss-reactive ketones (excluding diaryl/α,β-unsaturated/α-hetero) is 1. The summed E-state index contributed by atoms with van der Waals surface area (Å²) in [5.74, 6) is 13.5. The molecule has 4 rings (SSSR count). The summed E-state index contributed by atoms with van der Waals surface area (Å²) >= 11 is 0. The zero-order valence-electron chi connectivity index (χ0n) is 25.4. The molecular formula is C34H49NO5. The van der Waals surface area contributed by atoms with Gasteiger partial charge in [0.25, 0.3) is 0 Å². The van der Waals surface area contributed by atoms with E-state index in [2.05, 4.69) is 56.7 Å². The zero-order valence-corrected chi connectivity index (χ0v) is 25.4. The number of nitrogens with one attached hydrogen (secondary N) is 1. The molecule has 4 aliphatic carbocycles. The van der Waals surface area contributed by atoms with Crippen LogP contribution in [-0.2, 0) is 19.1 Å². The number of fused-ring (bicyclic) bond motifs is 2. The Labute approximate surface area is 241 Å². The molecule has 0 aromatic heterocycles. The average molecular weight is 552 g/mol. The van der Waals surface area contributed by atoms with Crippen LogP contribution in [0.2, 0.25) is 0 Å². The van der Waals surface area contributed by atoms with Crippen molar-refractivity contribution in [1.82, 2.24) is 5.32 Å². The largest absolute Gasteiger partial charge is 0.465 e. The molecule has 2 fully saturated rings. The van der Waals surface area contributed by atoms with Gasteiger partial charge in [-0.25, -0.2) is 4.79 Å². The molecule has 1 amide bonds. The molecular weight excluding hydrogens is 502 g/mol. The Morgan fingerprint density at radius 3 is 1.62 bits per heavy atom. The van der Waals surface area contributed by atoms with Gasteiger partial charge < -0.3 is 14.8 Å². The molecule has 0 aromatic carbocycles. The smallest absolute Gasteiger partial charge is 0.407 e. The molecule has 4 aliphatic rings. The number of esters is 1. The summed E-state index contributed by atoms with van der Waals surface area (Å²) < 4.78 is 11.3. The topological polar surface area (TPSA) is 81.7 Å². The second-order valence-electron chi connectivity index (χ2n) is 13.7. The van der Waals surface area contributed by atoms with Gasteiger partial charge >= 0.3 is 12.1 Å². The van der Waals surface area contributed by atoms with E-state index in [1.165, 1.54) is 6.92 Å². The van der Waals surface area contributed by atoms with Crippen LogP contribution >= 0.6 is 0 Å². The first-order valence-corrected chi connectivity index (χ1v) is 15.5. The number of carbonyl (C=O) groups is 3. The minimum atomic E-state index is -0.566. The molecule has 0 saturated heterocycles. The first kappa shape index (κ1) is 30.5. The van der Waals surface area contributed by atoms with Gasteiger partial charge in [0.15, 0.2) is 5.78 Å². The second kappa shape index (κ2) is 12.2. The molecule has 1 N–H and O–H groups in total. The number of hydrogen-bond acceptors (Lipinski definition) is 5. The highest BCUT2D eigenvalue weighted by atomic mass is 16.5. The summed E-state index contributed by atoms with van der Waals surface area (Å²) in [4.78, 5) is 37.1. The molecule has 7 atom stereocenters. The first-order chi connectivity index (χ1) is 19.0. The lowest BCUT2D eigenvalue weighted by atomic mass is 9.87. The lowest BCUT2D eigenvalue weighted by Gasteiger charge is -2.17. The van der Waals surface area contributed by atoms with E-state index in [1.807, 2.05) is 0 Å². The summed E-state index contributed by atoms with van der Waals surface area (Å²) in [6.45, 7) is 11.6. The molecule has 6 nitrogen and oxygen atoms in total. The highest BCUT2D eigenvalue weighted by molar-refractivity contribution is 5.85. The summed E-state index contributed by atoms with van der Waals surface area (Å²) in [6, 6.07) is -0.566. The Hall–Kier alpha value is -2.47. The summed E-state index contributed by atoms with van der Waals surface area (Å²) in [5.41, 5.74) is 0.755. The Bertz CT molecular complexity index is 1060. The number of hydrogen-bond donors (Lipinski definition) is 1. The predicted octanol–water partition coefficient (Wildman–Crippen LogP) is 6.60. The van der Waals surface area contributed by atoms with E-state index in [9.17, 15) is 14.4 Å². The fraction of sp³-hybridized carbons (Fsp3) is 0.794. The Morgan fingerprint density at radius 1 is 0.725 bits per heavy atom. The number of alkyl carbamates (subject to hydrolysis) is 1. The second-order valence-corrected chi connectivity index (χ2v) is 13.7. The van der Waals surface area contributed by atoms with Crippen LogP contribution in [0.3, 0.4) is 0 Å². The fourth-order valence-electron chi connectivity index (χ4n) is 8.13. The molecule has 6 heteroatoms. The number of ketones is 1. The third-order valence-corrected chi connectivity index (χ3v) is 11.8. The molecule has 40 heavy (non-hydrogen) atoms. The van der Waals surface area contributed by atoms with Crippen LogP contribution < -0.4 is 5.32 Å². The average Bonchev–Trinajstić information content (AvgIpc) is 3.54. The number of rotatable bonds is 12. The lowest BCUT2D eigenvalue weighted by Crippen LogP contribution is -2.40. The van der Waals surface area contributed by atoms with E-state index in [0.717, 1.165) is 64.2 Å². The van der Waals surface area contributed by atoms with Crippen LogP contribution in [0.1, 0.15) is 118 Å². The molecule has 0 heterocycles. The number of carbonyl (C=O) groups excluding carboxylic acids is 3. The lowest BCUT2D eigenvalue weighted by molar-refractivity contribution is -0.144. The van der Waals surface area contributed by atoms with Crippen LogP contribution in [0, 0.1) is 57.2 Å². The van der Waals surface area contributed by atoms with Crippen LogP contribution in [-0.4, -0.2) is 37.1 Å². The van der Waals surface area contributed by atoms with Crippen molar-refractivity contribution >= 4 is 17.8 Å².